The maximum absolute atomic E-state index is 12.2. The summed E-state index contributed by atoms with van der Waals surface area (Å²) in [5.74, 6) is -0.323. The first-order valence-corrected chi connectivity index (χ1v) is 9.18. The van der Waals surface area contributed by atoms with Gasteiger partial charge in [-0.05, 0) is 55.0 Å². The largest absolute Gasteiger partial charge is 0.313 e. The molecule has 3 rings (SSSR count). The molecule has 1 aromatic heterocycles. The molecule has 1 heterocycles. The smallest absolute Gasteiger partial charge is 0.269 e. The third kappa shape index (κ3) is 3.98. The fourth-order valence-electron chi connectivity index (χ4n) is 2.98. The van der Waals surface area contributed by atoms with Crippen molar-refractivity contribution in [1.82, 2.24) is 0 Å². The van der Waals surface area contributed by atoms with Crippen LogP contribution in [0.2, 0.25) is 0 Å². The van der Waals surface area contributed by atoms with Crippen LogP contribution in [0.4, 0.5) is 10.7 Å². The molecule has 2 aromatic rings. The Morgan fingerprint density at radius 2 is 1.96 bits per heavy atom. The van der Waals surface area contributed by atoms with Crippen LogP contribution in [0.3, 0.4) is 0 Å². The first-order valence-electron chi connectivity index (χ1n) is 8.36. The summed E-state index contributed by atoms with van der Waals surface area (Å²) in [4.78, 5) is 23.6. The fourth-order valence-corrected chi connectivity index (χ4v) is 4.22. The van der Waals surface area contributed by atoms with Crippen LogP contribution in [-0.2, 0) is 17.6 Å². The van der Waals surface area contributed by atoms with Crippen LogP contribution >= 0.6 is 11.3 Å². The SMILES string of the molecule is N#Cc1c(NC(=O)/C=C/c2ccc([N+](=O)[O-])cc2)sc2c1CCCCC2. The second-order valence-corrected chi connectivity index (χ2v) is 7.16. The van der Waals surface area contributed by atoms with Crippen LogP contribution in [0, 0.1) is 21.4 Å². The minimum atomic E-state index is -0.468. The zero-order chi connectivity index (χ0) is 18.5. The minimum absolute atomic E-state index is 0.00495. The number of nitrogens with one attached hydrogen (secondary N) is 1. The van der Waals surface area contributed by atoms with Crippen molar-refractivity contribution in [2.75, 3.05) is 5.32 Å². The highest BCUT2D eigenvalue weighted by molar-refractivity contribution is 7.16. The predicted molar refractivity (Wildman–Crippen MR) is 101 cm³/mol. The van der Waals surface area contributed by atoms with Crippen LogP contribution in [-0.4, -0.2) is 10.8 Å². The summed E-state index contributed by atoms with van der Waals surface area (Å²) in [6, 6.07) is 8.17. The van der Waals surface area contributed by atoms with E-state index in [4.69, 9.17) is 0 Å². The second-order valence-electron chi connectivity index (χ2n) is 6.05. The Hall–Kier alpha value is -2.98. The van der Waals surface area contributed by atoms with Crippen LogP contribution in [0.5, 0.6) is 0 Å². The maximum atomic E-state index is 12.2. The molecule has 132 valence electrons. The monoisotopic (exact) mass is 367 g/mol. The molecular formula is C19H17N3O3S. The van der Waals surface area contributed by atoms with Crippen molar-refractivity contribution in [2.24, 2.45) is 0 Å². The number of nitrogens with zero attached hydrogens (tertiary/aromatic N) is 2. The van der Waals surface area contributed by atoms with E-state index in [0.717, 1.165) is 31.2 Å². The number of non-ortho nitro benzene ring substituents is 1. The molecule has 0 aliphatic heterocycles. The van der Waals surface area contributed by atoms with Crippen LogP contribution < -0.4 is 5.32 Å². The molecule has 0 fully saturated rings. The van der Waals surface area contributed by atoms with E-state index in [-0.39, 0.29) is 11.6 Å². The summed E-state index contributed by atoms with van der Waals surface area (Å²) < 4.78 is 0. The van der Waals surface area contributed by atoms with Gasteiger partial charge in [-0.25, -0.2) is 0 Å². The van der Waals surface area contributed by atoms with E-state index in [1.54, 1.807) is 18.2 Å². The summed E-state index contributed by atoms with van der Waals surface area (Å²) in [5, 5.41) is 23.5. The van der Waals surface area contributed by atoms with Gasteiger partial charge in [0.05, 0.1) is 10.5 Å². The van der Waals surface area contributed by atoms with Crippen molar-refractivity contribution < 1.29 is 9.72 Å². The summed E-state index contributed by atoms with van der Waals surface area (Å²) in [5.41, 5.74) is 2.37. The molecule has 0 radical (unpaired) electrons. The highest BCUT2D eigenvalue weighted by Gasteiger charge is 2.20. The number of nitriles is 1. The molecule has 0 spiro atoms. The lowest BCUT2D eigenvalue weighted by atomic mass is 10.1. The number of aryl methyl sites for hydroxylation is 1. The number of carbonyl (C=O) groups excluding carboxylic acids is 1. The number of amides is 1. The van der Waals surface area contributed by atoms with E-state index < -0.39 is 4.92 Å². The second kappa shape index (κ2) is 7.93. The number of rotatable bonds is 4. The van der Waals surface area contributed by atoms with Gasteiger partial charge < -0.3 is 5.32 Å². The molecule has 0 unspecified atom stereocenters. The summed E-state index contributed by atoms with van der Waals surface area (Å²) in [6.07, 6.45) is 8.17. The number of anilines is 1. The van der Waals surface area contributed by atoms with Crippen molar-refractivity contribution >= 4 is 34.0 Å². The third-order valence-electron chi connectivity index (χ3n) is 4.30. The normalized spacial score (nSPS) is 13.7. The standard InChI is InChI=1S/C19H17N3O3S/c20-12-16-15-4-2-1-3-5-17(15)26-19(16)21-18(23)11-8-13-6-9-14(10-7-13)22(24)25/h6-11H,1-5H2,(H,21,23)/b11-8+. The quantitative estimate of drug-likeness (QED) is 0.374. The van der Waals surface area contributed by atoms with E-state index in [1.165, 1.54) is 40.8 Å². The highest BCUT2D eigenvalue weighted by atomic mass is 32.1. The van der Waals surface area contributed by atoms with Crippen molar-refractivity contribution in [1.29, 1.82) is 5.26 Å². The number of carbonyl (C=O) groups is 1. The molecule has 1 aliphatic carbocycles. The van der Waals surface area contributed by atoms with E-state index in [2.05, 4.69) is 11.4 Å². The van der Waals surface area contributed by atoms with Gasteiger partial charge in [-0.2, -0.15) is 5.26 Å². The molecule has 0 atom stereocenters. The fraction of sp³-hybridized carbons (Fsp3) is 0.263. The molecule has 1 aliphatic rings. The molecular weight excluding hydrogens is 350 g/mol. The average Bonchev–Trinajstić information content (AvgIpc) is 2.79. The Balaban J connectivity index is 1.72. The van der Waals surface area contributed by atoms with Crippen molar-refractivity contribution in [2.45, 2.75) is 32.1 Å². The van der Waals surface area contributed by atoms with Gasteiger partial charge in [-0.15, -0.1) is 11.3 Å². The van der Waals surface area contributed by atoms with Crippen LogP contribution in [0.1, 0.15) is 40.8 Å². The summed E-state index contributed by atoms with van der Waals surface area (Å²) in [7, 11) is 0. The van der Waals surface area contributed by atoms with Crippen molar-refractivity contribution in [3.63, 3.8) is 0 Å². The zero-order valence-electron chi connectivity index (χ0n) is 14.0. The topological polar surface area (TPSA) is 96.0 Å². The molecule has 1 N–H and O–H groups in total. The number of benzene rings is 1. The summed E-state index contributed by atoms with van der Waals surface area (Å²) >= 11 is 1.49. The molecule has 26 heavy (non-hydrogen) atoms. The Bertz CT molecular complexity index is 907. The lowest BCUT2D eigenvalue weighted by Gasteiger charge is -2.01. The Morgan fingerprint density at radius 3 is 2.65 bits per heavy atom. The number of thiophene rings is 1. The number of hydrogen-bond acceptors (Lipinski definition) is 5. The molecule has 1 amide bonds. The molecule has 7 heteroatoms. The minimum Gasteiger partial charge on any atom is -0.313 e. The first-order chi connectivity index (χ1) is 12.6. The predicted octanol–water partition coefficient (Wildman–Crippen LogP) is 4.45. The number of hydrogen-bond donors (Lipinski definition) is 1. The molecule has 0 saturated carbocycles. The lowest BCUT2D eigenvalue weighted by Crippen LogP contribution is -2.07. The lowest BCUT2D eigenvalue weighted by molar-refractivity contribution is -0.384. The average molecular weight is 367 g/mol. The number of nitro benzene ring substituents is 1. The molecule has 6 nitrogen and oxygen atoms in total. The van der Waals surface area contributed by atoms with Gasteiger partial charge in [0, 0.05) is 23.1 Å². The van der Waals surface area contributed by atoms with E-state index in [0.29, 0.717) is 16.1 Å². The first kappa shape index (κ1) is 17.8. The van der Waals surface area contributed by atoms with Gasteiger partial charge in [0.15, 0.2) is 0 Å². The Morgan fingerprint density at radius 1 is 1.23 bits per heavy atom. The van der Waals surface area contributed by atoms with Crippen molar-refractivity contribution in [3.05, 3.63) is 62.0 Å². The third-order valence-corrected chi connectivity index (χ3v) is 5.51. The highest BCUT2D eigenvalue weighted by Crippen LogP contribution is 2.36. The van der Waals surface area contributed by atoms with Gasteiger partial charge in [-0.3, -0.25) is 14.9 Å². The molecule has 1 aromatic carbocycles. The number of nitro groups is 1. The summed E-state index contributed by atoms with van der Waals surface area (Å²) in [6.45, 7) is 0. The van der Waals surface area contributed by atoms with Gasteiger partial charge in [0.25, 0.3) is 5.69 Å². The van der Waals surface area contributed by atoms with E-state index in [9.17, 15) is 20.2 Å². The van der Waals surface area contributed by atoms with Crippen molar-refractivity contribution in [3.8, 4) is 6.07 Å². The van der Waals surface area contributed by atoms with Gasteiger partial charge >= 0.3 is 0 Å². The Labute approximate surface area is 154 Å². The van der Waals surface area contributed by atoms with Gasteiger partial charge in [-0.1, -0.05) is 6.42 Å². The maximum Gasteiger partial charge on any atom is 0.269 e. The van der Waals surface area contributed by atoms with E-state index >= 15 is 0 Å². The van der Waals surface area contributed by atoms with Crippen LogP contribution in [0.15, 0.2) is 30.3 Å². The number of fused-ring (bicyclic) bond motifs is 1. The van der Waals surface area contributed by atoms with Crippen LogP contribution in [0.25, 0.3) is 6.08 Å². The molecule has 0 bridgehead atoms. The molecule has 0 saturated heterocycles. The zero-order valence-corrected chi connectivity index (χ0v) is 14.8. The van der Waals surface area contributed by atoms with Gasteiger partial charge in [0.1, 0.15) is 11.1 Å². The Kier molecular flexibility index (Phi) is 5.44. The van der Waals surface area contributed by atoms with Gasteiger partial charge in [0.2, 0.25) is 5.91 Å². The van der Waals surface area contributed by atoms with E-state index in [1.807, 2.05) is 0 Å².